The van der Waals surface area contributed by atoms with Gasteiger partial charge in [0.1, 0.15) is 0 Å². The lowest BCUT2D eigenvalue weighted by Gasteiger charge is -2.20. The van der Waals surface area contributed by atoms with Crippen molar-refractivity contribution in [2.45, 2.75) is 32.8 Å². The first-order chi connectivity index (χ1) is 6.43. The van der Waals surface area contributed by atoms with Crippen molar-refractivity contribution in [1.82, 2.24) is 5.32 Å². The third-order valence-corrected chi connectivity index (χ3v) is 2.67. The summed E-state index contributed by atoms with van der Waals surface area (Å²) in [5, 5.41) is 21.3. The lowest BCUT2D eigenvalue weighted by atomic mass is 9.94. The number of hydrogen-bond donors (Lipinski definition) is 3. The minimum absolute atomic E-state index is 0.306. The maximum atomic E-state index is 10.7. The minimum Gasteiger partial charge on any atom is -0.481 e. The smallest absolute Gasteiger partial charge is 0.310 e. The molecule has 4 nitrogen and oxygen atoms in total. The molecule has 0 amide bonds. The summed E-state index contributed by atoms with van der Waals surface area (Å²) in [5.41, 5.74) is -0.761. The molecular weight excluding hydrogens is 182 g/mol. The van der Waals surface area contributed by atoms with E-state index in [1.165, 1.54) is 0 Å². The van der Waals surface area contributed by atoms with Crippen LogP contribution in [-0.4, -0.2) is 35.4 Å². The van der Waals surface area contributed by atoms with Crippen LogP contribution in [0.3, 0.4) is 0 Å². The molecule has 0 aliphatic heterocycles. The molecule has 1 aliphatic rings. The van der Waals surface area contributed by atoms with E-state index in [2.05, 4.69) is 5.32 Å². The fraction of sp³-hybridized carbons (Fsp3) is 0.900. The molecular formula is C10H19NO3. The minimum atomic E-state index is -0.814. The van der Waals surface area contributed by atoms with Crippen molar-refractivity contribution in [2.24, 2.45) is 11.3 Å². The van der Waals surface area contributed by atoms with Crippen LogP contribution in [0.5, 0.6) is 0 Å². The largest absolute Gasteiger partial charge is 0.481 e. The highest BCUT2D eigenvalue weighted by molar-refractivity contribution is 5.73. The lowest BCUT2D eigenvalue weighted by Crippen LogP contribution is -2.39. The van der Waals surface area contributed by atoms with E-state index in [9.17, 15) is 9.90 Å². The van der Waals surface area contributed by atoms with Gasteiger partial charge in [0.25, 0.3) is 0 Å². The fourth-order valence-corrected chi connectivity index (χ4v) is 1.26. The third kappa shape index (κ3) is 3.27. The predicted molar refractivity (Wildman–Crippen MR) is 53.0 cm³/mol. The van der Waals surface area contributed by atoms with Gasteiger partial charge >= 0.3 is 5.97 Å². The molecule has 0 aromatic rings. The zero-order chi connectivity index (χ0) is 10.8. The summed E-state index contributed by atoms with van der Waals surface area (Å²) in [6.45, 7) is 4.24. The molecule has 3 N–H and O–H groups in total. The number of hydrogen-bond acceptors (Lipinski definition) is 3. The van der Waals surface area contributed by atoms with E-state index in [1.807, 2.05) is 0 Å². The number of carbonyl (C=O) groups is 1. The van der Waals surface area contributed by atoms with Gasteiger partial charge in [-0.05, 0) is 32.6 Å². The number of aliphatic carboxylic acids is 1. The molecule has 14 heavy (non-hydrogen) atoms. The molecule has 1 aliphatic carbocycles. The fourth-order valence-electron chi connectivity index (χ4n) is 1.26. The maximum Gasteiger partial charge on any atom is 0.310 e. The molecule has 0 saturated heterocycles. The molecule has 0 aromatic heterocycles. The summed E-state index contributed by atoms with van der Waals surface area (Å²) < 4.78 is 0. The highest BCUT2D eigenvalue weighted by Gasteiger charge is 2.31. The topological polar surface area (TPSA) is 69.6 Å². The molecule has 1 unspecified atom stereocenters. The number of carboxylic acid groups (broad SMARTS) is 1. The van der Waals surface area contributed by atoms with Gasteiger partial charge in [-0.1, -0.05) is 0 Å². The third-order valence-electron chi connectivity index (χ3n) is 2.67. The van der Waals surface area contributed by atoms with Crippen LogP contribution in [0, 0.1) is 11.3 Å². The molecule has 1 atom stereocenters. The van der Waals surface area contributed by atoms with Crippen molar-refractivity contribution in [2.75, 3.05) is 13.1 Å². The molecule has 0 aromatic carbocycles. The average Bonchev–Trinajstić information content (AvgIpc) is 2.85. The van der Waals surface area contributed by atoms with Crippen LogP contribution < -0.4 is 5.32 Å². The van der Waals surface area contributed by atoms with Gasteiger partial charge in [0.2, 0.25) is 0 Å². The van der Waals surface area contributed by atoms with Crippen LogP contribution in [0.25, 0.3) is 0 Å². The Morgan fingerprint density at radius 1 is 1.57 bits per heavy atom. The van der Waals surface area contributed by atoms with E-state index >= 15 is 0 Å². The molecule has 1 fully saturated rings. The summed E-state index contributed by atoms with van der Waals surface area (Å²) in [6, 6.07) is 0. The molecule has 0 radical (unpaired) electrons. The Morgan fingerprint density at radius 2 is 2.14 bits per heavy atom. The van der Waals surface area contributed by atoms with Gasteiger partial charge in [0, 0.05) is 13.1 Å². The quantitative estimate of drug-likeness (QED) is 0.584. The second kappa shape index (κ2) is 4.28. The van der Waals surface area contributed by atoms with E-state index in [1.54, 1.807) is 13.8 Å². The molecule has 0 spiro atoms. The van der Waals surface area contributed by atoms with Gasteiger partial charge in [-0.15, -0.1) is 0 Å². The van der Waals surface area contributed by atoms with Gasteiger partial charge in [-0.3, -0.25) is 4.79 Å². The molecule has 0 heterocycles. The van der Waals surface area contributed by atoms with Crippen molar-refractivity contribution >= 4 is 5.97 Å². The van der Waals surface area contributed by atoms with E-state index in [4.69, 9.17) is 5.11 Å². The van der Waals surface area contributed by atoms with Crippen LogP contribution in [0.2, 0.25) is 0 Å². The van der Waals surface area contributed by atoms with Crippen molar-refractivity contribution in [3.8, 4) is 0 Å². The molecule has 1 rings (SSSR count). The highest BCUT2D eigenvalue weighted by Crippen LogP contribution is 2.32. The van der Waals surface area contributed by atoms with E-state index in [0.29, 0.717) is 19.0 Å². The first-order valence-electron chi connectivity index (χ1n) is 5.05. The number of aliphatic hydroxyl groups is 1. The van der Waals surface area contributed by atoms with Gasteiger partial charge in [0.15, 0.2) is 0 Å². The summed E-state index contributed by atoms with van der Waals surface area (Å²) >= 11 is 0. The van der Waals surface area contributed by atoms with Crippen LogP contribution in [-0.2, 0) is 4.79 Å². The Hall–Kier alpha value is -0.610. The number of aliphatic hydroxyl groups excluding tert-OH is 1. The van der Waals surface area contributed by atoms with Crippen molar-refractivity contribution in [3.63, 3.8) is 0 Å². The molecule has 0 bridgehead atoms. The summed E-state index contributed by atoms with van der Waals surface area (Å²) in [4.78, 5) is 10.7. The van der Waals surface area contributed by atoms with Gasteiger partial charge in [-0.2, -0.15) is 0 Å². The van der Waals surface area contributed by atoms with E-state index in [0.717, 1.165) is 12.8 Å². The zero-order valence-corrected chi connectivity index (χ0v) is 8.79. The predicted octanol–water partition coefficient (Wildman–Crippen LogP) is 0.458. The van der Waals surface area contributed by atoms with Crippen LogP contribution >= 0.6 is 0 Å². The lowest BCUT2D eigenvalue weighted by molar-refractivity contribution is -0.146. The summed E-state index contributed by atoms with van der Waals surface area (Å²) in [5.74, 6) is -0.374. The van der Waals surface area contributed by atoms with Crippen molar-refractivity contribution in [3.05, 3.63) is 0 Å². The molecule has 82 valence electrons. The molecule has 1 saturated carbocycles. The number of carboxylic acids is 1. The average molecular weight is 201 g/mol. The SMILES string of the molecule is CC(C)(CNCC(O)C1CC1)C(=O)O. The summed E-state index contributed by atoms with van der Waals surface area (Å²) in [7, 11) is 0. The maximum absolute atomic E-state index is 10.7. The summed E-state index contributed by atoms with van der Waals surface area (Å²) in [6.07, 6.45) is 1.90. The first-order valence-corrected chi connectivity index (χ1v) is 5.05. The Kier molecular flexibility index (Phi) is 3.50. The monoisotopic (exact) mass is 201 g/mol. The van der Waals surface area contributed by atoms with Crippen molar-refractivity contribution in [1.29, 1.82) is 0 Å². The van der Waals surface area contributed by atoms with Gasteiger partial charge < -0.3 is 15.5 Å². The van der Waals surface area contributed by atoms with Crippen LogP contribution in [0.1, 0.15) is 26.7 Å². The van der Waals surface area contributed by atoms with Gasteiger partial charge in [0.05, 0.1) is 11.5 Å². The number of rotatable bonds is 6. The Morgan fingerprint density at radius 3 is 2.57 bits per heavy atom. The van der Waals surface area contributed by atoms with Crippen LogP contribution in [0.4, 0.5) is 0 Å². The van der Waals surface area contributed by atoms with Crippen molar-refractivity contribution < 1.29 is 15.0 Å². The first kappa shape index (κ1) is 11.5. The van der Waals surface area contributed by atoms with Crippen LogP contribution in [0.15, 0.2) is 0 Å². The highest BCUT2D eigenvalue weighted by atomic mass is 16.4. The van der Waals surface area contributed by atoms with E-state index in [-0.39, 0.29) is 6.10 Å². The molecule has 4 heteroatoms. The van der Waals surface area contributed by atoms with E-state index < -0.39 is 11.4 Å². The Balaban J connectivity index is 2.16. The second-order valence-electron chi connectivity index (χ2n) is 4.72. The standard InChI is InChI=1S/C10H19NO3/c1-10(2,9(13)14)6-11-5-8(12)7-3-4-7/h7-8,11-12H,3-6H2,1-2H3,(H,13,14). The van der Waals surface area contributed by atoms with Gasteiger partial charge in [-0.25, -0.2) is 0 Å². The zero-order valence-electron chi connectivity index (χ0n) is 8.79. The Bertz CT molecular complexity index is 211. The normalized spacial score (nSPS) is 19.4. The number of nitrogens with one attached hydrogen (secondary N) is 1. The second-order valence-corrected chi connectivity index (χ2v) is 4.72. The Labute approximate surface area is 84.3 Å².